The van der Waals surface area contributed by atoms with E-state index in [0.717, 1.165) is 16.7 Å². The molecule has 1 heterocycles. The van der Waals surface area contributed by atoms with E-state index in [0.29, 0.717) is 6.42 Å². The van der Waals surface area contributed by atoms with Gasteiger partial charge in [-0.15, -0.1) is 0 Å². The molecule has 0 spiro atoms. The maximum absolute atomic E-state index is 12.2. The van der Waals surface area contributed by atoms with E-state index in [1.165, 1.54) is 0 Å². The van der Waals surface area contributed by atoms with Crippen LogP contribution in [0.3, 0.4) is 0 Å². The van der Waals surface area contributed by atoms with Gasteiger partial charge in [0, 0.05) is 26.4 Å². The first kappa shape index (κ1) is 17.7. The average molecular weight is 337 g/mol. The third-order valence-corrected chi connectivity index (χ3v) is 4.89. The Morgan fingerprint density at radius 1 is 1.35 bits per heavy atom. The van der Waals surface area contributed by atoms with Crippen LogP contribution in [0.25, 0.3) is 0 Å². The van der Waals surface area contributed by atoms with Crippen molar-refractivity contribution in [3.05, 3.63) is 53.3 Å². The minimum absolute atomic E-state index is 0.0558. The Balaban J connectivity index is 1.91. The van der Waals surface area contributed by atoms with E-state index in [9.17, 15) is 13.5 Å². The molecule has 6 nitrogen and oxygen atoms in total. The number of hydrogen-bond acceptors (Lipinski definition) is 4. The van der Waals surface area contributed by atoms with Crippen LogP contribution in [-0.2, 0) is 29.2 Å². The fourth-order valence-electron chi connectivity index (χ4n) is 2.43. The SMILES string of the molecule is Cc1cccc(CS(=O)(=O)NCC(CO)Cc2cnn(C)c2)c1. The van der Waals surface area contributed by atoms with Crippen LogP contribution in [0.5, 0.6) is 0 Å². The average Bonchev–Trinajstić information content (AvgIpc) is 2.88. The lowest BCUT2D eigenvalue weighted by atomic mass is 10.0. The minimum atomic E-state index is -3.43. The number of benzene rings is 1. The van der Waals surface area contributed by atoms with Crippen LogP contribution in [0, 0.1) is 12.8 Å². The summed E-state index contributed by atoms with van der Waals surface area (Å²) in [7, 11) is -1.60. The van der Waals surface area contributed by atoms with E-state index < -0.39 is 10.0 Å². The molecule has 126 valence electrons. The van der Waals surface area contributed by atoms with Gasteiger partial charge in [0.25, 0.3) is 0 Å². The highest BCUT2D eigenvalue weighted by atomic mass is 32.2. The van der Waals surface area contributed by atoms with Crippen LogP contribution < -0.4 is 4.72 Å². The summed E-state index contributed by atoms with van der Waals surface area (Å²) in [5, 5.41) is 13.5. The van der Waals surface area contributed by atoms with Gasteiger partial charge < -0.3 is 5.11 Å². The summed E-state index contributed by atoms with van der Waals surface area (Å²) in [6, 6.07) is 7.43. The Hall–Kier alpha value is -1.70. The van der Waals surface area contributed by atoms with Crippen molar-refractivity contribution in [2.45, 2.75) is 19.1 Å². The molecular formula is C16H23N3O3S. The van der Waals surface area contributed by atoms with Gasteiger partial charge in [-0.2, -0.15) is 5.10 Å². The van der Waals surface area contributed by atoms with Gasteiger partial charge >= 0.3 is 0 Å². The maximum atomic E-state index is 12.2. The number of aliphatic hydroxyl groups is 1. The number of sulfonamides is 1. The highest BCUT2D eigenvalue weighted by Crippen LogP contribution is 2.10. The smallest absolute Gasteiger partial charge is 0.215 e. The Kier molecular flexibility index (Phi) is 5.92. The van der Waals surface area contributed by atoms with Crippen molar-refractivity contribution in [1.82, 2.24) is 14.5 Å². The first-order valence-electron chi connectivity index (χ1n) is 7.49. The van der Waals surface area contributed by atoms with Crippen molar-refractivity contribution in [2.24, 2.45) is 13.0 Å². The molecule has 1 aromatic carbocycles. The number of aliphatic hydroxyl groups excluding tert-OH is 1. The topological polar surface area (TPSA) is 84.2 Å². The van der Waals surface area contributed by atoms with Gasteiger partial charge in [-0.25, -0.2) is 13.1 Å². The van der Waals surface area contributed by atoms with Crippen molar-refractivity contribution in [3.8, 4) is 0 Å². The predicted octanol–water partition coefficient (Wildman–Crippen LogP) is 0.999. The molecule has 7 heteroatoms. The van der Waals surface area contributed by atoms with Crippen molar-refractivity contribution in [1.29, 1.82) is 0 Å². The monoisotopic (exact) mass is 337 g/mol. The summed E-state index contributed by atoms with van der Waals surface area (Å²) >= 11 is 0. The number of nitrogens with one attached hydrogen (secondary N) is 1. The van der Waals surface area contributed by atoms with E-state index in [1.807, 2.05) is 38.4 Å². The minimum Gasteiger partial charge on any atom is -0.396 e. The molecule has 1 unspecified atom stereocenters. The lowest BCUT2D eigenvalue weighted by Gasteiger charge is -2.14. The lowest BCUT2D eigenvalue weighted by Crippen LogP contribution is -2.32. The van der Waals surface area contributed by atoms with Crippen LogP contribution in [0.15, 0.2) is 36.7 Å². The van der Waals surface area contributed by atoms with Gasteiger partial charge in [-0.05, 0) is 30.4 Å². The summed E-state index contributed by atoms with van der Waals surface area (Å²) in [6.45, 7) is 2.06. The Bertz CT molecular complexity index is 741. The Morgan fingerprint density at radius 3 is 2.74 bits per heavy atom. The molecule has 2 rings (SSSR count). The zero-order chi connectivity index (χ0) is 16.9. The second kappa shape index (κ2) is 7.72. The Labute approximate surface area is 137 Å². The van der Waals surface area contributed by atoms with E-state index in [4.69, 9.17) is 0 Å². The highest BCUT2D eigenvalue weighted by Gasteiger charge is 2.16. The fraction of sp³-hybridized carbons (Fsp3) is 0.438. The molecule has 0 aliphatic heterocycles. The molecule has 2 aromatic rings. The fourth-order valence-corrected chi connectivity index (χ4v) is 3.64. The summed E-state index contributed by atoms with van der Waals surface area (Å²) in [5.41, 5.74) is 2.76. The van der Waals surface area contributed by atoms with Crippen LogP contribution in [0.2, 0.25) is 0 Å². The van der Waals surface area contributed by atoms with Gasteiger partial charge in [-0.3, -0.25) is 4.68 Å². The third-order valence-electron chi connectivity index (χ3n) is 3.57. The van der Waals surface area contributed by atoms with Crippen LogP contribution in [-0.4, -0.2) is 36.5 Å². The van der Waals surface area contributed by atoms with Gasteiger partial charge in [-0.1, -0.05) is 29.8 Å². The van der Waals surface area contributed by atoms with Crippen LogP contribution >= 0.6 is 0 Å². The maximum Gasteiger partial charge on any atom is 0.215 e. The van der Waals surface area contributed by atoms with Gasteiger partial charge in [0.2, 0.25) is 10.0 Å². The van der Waals surface area contributed by atoms with Gasteiger partial charge in [0.05, 0.1) is 11.9 Å². The number of nitrogens with zero attached hydrogens (tertiary/aromatic N) is 2. The quantitative estimate of drug-likeness (QED) is 0.753. The molecule has 0 radical (unpaired) electrons. The zero-order valence-electron chi connectivity index (χ0n) is 13.4. The van der Waals surface area contributed by atoms with E-state index in [-0.39, 0.29) is 24.8 Å². The summed E-state index contributed by atoms with van der Waals surface area (Å²) in [5.74, 6) is -0.230. The standard InChI is InChI=1S/C16H23N3O3S/c1-13-4-3-5-14(6-13)12-23(21,22)18-9-16(11-20)7-15-8-17-19(2)10-15/h3-6,8,10,16,18,20H,7,9,11-12H2,1-2H3. The molecule has 23 heavy (non-hydrogen) atoms. The van der Waals surface area contributed by atoms with Crippen molar-refractivity contribution in [2.75, 3.05) is 13.2 Å². The molecule has 0 aliphatic rings. The summed E-state index contributed by atoms with van der Waals surface area (Å²) in [6.07, 6.45) is 4.17. The number of rotatable bonds is 8. The predicted molar refractivity (Wildman–Crippen MR) is 89.3 cm³/mol. The van der Waals surface area contributed by atoms with E-state index in [1.54, 1.807) is 16.9 Å². The second-order valence-electron chi connectivity index (χ2n) is 5.87. The Morgan fingerprint density at radius 2 is 2.13 bits per heavy atom. The van der Waals surface area contributed by atoms with E-state index >= 15 is 0 Å². The first-order valence-corrected chi connectivity index (χ1v) is 9.14. The van der Waals surface area contributed by atoms with Crippen molar-refractivity contribution >= 4 is 10.0 Å². The molecule has 0 saturated carbocycles. The summed E-state index contributed by atoms with van der Waals surface area (Å²) < 4.78 is 28.6. The molecule has 1 atom stereocenters. The van der Waals surface area contributed by atoms with Crippen molar-refractivity contribution < 1.29 is 13.5 Å². The molecule has 0 fully saturated rings. The van der Waals surface area contributed by atoms with Crippen molar-refractivity contribution in [3.63, 3.8) is 0 Å². The first-order chi connectivity index (χ1) is 10.9. The van der Waals surface area contributed by atoms with Gasteiger partial charge in [0.1, 0.15) is 0 Å². The number of aromatic nitrogens is 2. The van der Waals surface area contributed by atoms with Gasteiger partial charge in [0.15, 0.2) is 0 Å². The largest absolute Gasteiger partial charge is 0.396 e. The van der Waals surface area contributed by atoms with Crippen LogP contribution in [0.4, 0.5) is 0 Å². The van der Waals surface area contributed by atoms with Crippen LogP contribution in [0.1, 0.15) is 16.7 Å². The number of aryl methyl sites for hydroxylation is 2. The highest BCUT2D eigenvalue weighted by molar-refractivity contribution is 7.88. The molecule has 0 amide bonds. The van der Waals surface area contributed by atoms with E-state index in [2.05, 4.69) is 9.82 Å². The molecule has 1 aromatic heterocycles. The summed E-state index contributed by atoms with van der Waals surface area (Å²) in [4.78, 5) is 0. The molecular weight excluding hydrogens is 314 g/mol. The molecule has 2 N–H and O–H groups in total. The zero-order valence-corrected chi connectivity index (χ0v) is 14.3. The molecule has 0 saturated heterocycles. The lowest BCUT2D eigenvalue weighted by molar-refractivity contribution is 0.227. The number of hydrogen-bond donors (Lipinski definition) is 2. The second-order valence-corrected chi connectivity index (χ2v) is 7.68. The molecule has 0 aliphatic carbocycles. The molecule has 0 bridgehead atoms. The normalized spacial score (nSPS) is 13.2. The third kappa shape index (κ3) is 5.78.